The van der Waals surface area contributed by atoms with Crippen molar-refractivity contribution in [3.8, 4) is 5.75 Å². The number of nitrogens with one attached hydrogen (secondary N) is 9. The van der Waals surface area contributed by atoms with E-state index in [0.29, 0.717) is 27.8 Å². The first kappa shape index (κ1) is 67.4. The van der Waals surface area contributed by atoms with E-state index >= 15 is 0 Å². The first-order chi connectivity index (χ1) is 38.6. The Morgan fingerprint density at radius 3 is 1.55 bits per heavy atom. The van der Waals surface area contributed by atoms with E-state index in [2.05, 4.69) is 47.5 Å². The normalized spacial score (nSPS) is 14.7. The average molecular weight is 1170 g/mol. The van der Waals surface area contributed by atoms with Gasteiger partial charge in [0.1, 0.15) is 54.1 Å². The summed E-state index contributed by atoms with van der Waals surface area (Å²) in [6, 6.07) is -2.50. The number of para-hydroxylation sites is 1. The highest BCUT2D eigenvalue weighted by Gasteiger charge is 2.37. The van der Waals surface area contributed by atoms with Gasteiger partial charge in [-0.3, -0.25) is 57.5 Å². The number of carboxylic acids is 2. The number of aliphatic carboxylic acids is 2. The van der Waals surface area contributed by atoms with E-state index in [9.17, 15) is 82.8 Å². The Morgan fingerprint density at radius 1 is 0.549 bits per heavy atom. The van der Waals surface area contributed by atoms with Gasteiger partial charge in [0.15, 0.2) is 0 Å². The van der Waals surface area contributed by atoms with Crippen molar-refractivity contribution in [3.63, 3.8) is 0 Å². The Kier molecular flexibility index (Phi) is 27.2. The quantitative estimate of drug-likeness (QED) is 0.0260. The lowest BCUT2D eigenvalue weighted by atomic mass is 10.0. The number of benzene rings is 2. The van der Waals surface area contributed by atoms with Crippen LogP contribution in [0.5, 0.6) is 5.75 Å². The molecule has 3 rings (SSSR count). The van der Waals surface area contributed by atoms with Crippen LogP contribution in [0.4, 0.5) is 0 Å². The Balaban J connectivity index is 2.03. The lowest BCUT2D eigenvalue weighted by molar-refractivity contribution is -0.143. The Labute approximate surface area is 473 Å². The Hall–Kier alpha value is -8.84. The number of hydrogen-bond donors (Lipinski definition) is 17. The van der Waals surface area contributed by atoms with Gasteiger partial charge >= 0.3 is 11.9 Å². The molecule has 21 N–H and O–H groups in total. The minimum Gasteiger partial charge on any atom is -0.508 e. The Morgan fingerprint density at radius 2 is 1.02 bits per heavy atom. The van der Waals surface area contributed by atoms with Crippen molar-refractivity contribution in [3.05, 3.63) is 65.9 Å². The smallest absolute Gasteiger partial charge is 0.326 e. The van der Waals surface area contributed by atoms with E-state index < -0.39 is 189 Å². The third kappa shape index (κ3) is 22.7. The van der Waals surface area contributed by atoms with Crippen LogP contribution in [0.2, 0.25) is 0 Å². The molecule has 0 unspecified atom stereocenters. The number of carbonyl (C=O) groups is 13. The second kappa shape index (κ2) is 33.0. The molecule has 0 spiro atoms. The molecule has 1 aromatic heterocycles. The summed E-state index contributed by atoms with van der Waals surface area (Å²) in [7, 11) is 0. The van der Waals surface area contributed by atoms with Crippen molar-refractivity contribution in [2.45, 2.75) is 139 Å². The van der Waals surface area contributed by atoms with Crippen LogP contribution in [0.25, 0.3) is 10.9 Å². The van der Waals surface area contributed by atoms with Gasteiger partial charge in [0.05, 0.1) is 18.6 Å². The molecule has 3 aromatic rings. The average Bonchev–Trinajstić information content (AvgIpc) is 3.97. The molecule has 10 atom stereocenters. The van der Waals surface area contributed by atoms with Crippen LogP contribution in [0.15, 0.2) is 54.7 Å². The molecule has 31 heteroatoms. The highest BCUT2D eigenvalue weighted by Crippen LogP contribution is 2.20. The molecule has 11 amide bonds. The van der Waals surface area contributed by atoms with Crippen molar-refractivity contribution >= 4 is 99.6 Å². The van der Waals surface area contributed by atoms with Crippen LogP contribution in [0.1, 0.15) is 76.3 Å². The highest BCUT2D eigenvalue weighted by molar-refractivity contribution is 7.98. The fourth-order valence-corrected chi connectivity index (χ4v) is 8.41. The summed E-state index contributed by atoms with van der Waals surface area (Å²) in [4.78, 5) is 173. The van der Waals surface area contributed by atoms with Crippen molar-refractivity contribution in [2.24, 2.45) is 22.9 Å². The van der Waals surface area contributed by atoms with E-state index in [1.54, 1.807) is 30.5 Å². The maximum atomic E-state index is 14.7. The molecule has 1 heterocycles. The van der Waals surface area contributed by atoms with Gasteiger partial charge in [0, 0.05) is 49.2 Å². The third-order valence-corrected chi connectivity index (χ3v) is 13.1. The summed E-state index contributed by atoms with van der Waals surface area (Å²) in [5.41, 5.74) is 23.2. The van der Waals surface area contributed by atoms with Gasteiger partial charge in [-0.2, -0.15) is 11.8 Å². The van der Waals surface area contributed by atoms with E-state index in [4.69, 9.17) is 22.9 Å². The molecule has 0 fully saturated rings. The molecule has 0 aliphatic rings. The van der Waals surface area contributed by atoms with Gasteiger partial charge in [-0.1, -0.05) is 30.3 Å². The zero-order valence-corrected chi connectivity index (χ0v) is 45.9. The molecular formula is C51H71N13O17S. The van der Waals surface area contributed by atoms with Crippen LogP contribution in [-0.4, -0.2) is 175 Å². The number of phenolic OH excluding ortho intramolecular Hbond substituents is 1. The van der Waals surface area contributed by atoms with Crippen LogP contribution >= 0.6 is 11.8 Å². The maximum absolute atomic E-state index is 14.7. The largest absolute Gasteiger partial charge is 0.508 e. The van der Waals surface area contributed by atoms with Gasteiger partial charge < -0.3 is 90.9 Å². The van der Waals surface area contributed by atoms with Crippen LogP contribution in [-0.2, 0) is 75.2 Å². The molecule has 0 saturated carbocycles. The number of primary amides is 3. The highest BCUT2D eigenvalue weighted by atomic mass is 32.2. The van der Waals surface area contributed by atoms with Crippen LogP contribution in [0, 0.1) is 0 Å². The van der Waals surface area contributed by atoms with Crippen molar-refractivity contribution in [1.82, 2.24) is 47.5 Å². The van der Waals surface area contributed by atoms with Crippen molar-refractivity contribution < 1.29 is 82.8 Å². The zero-order valence-electron chi connectivity index (χ0n) is 45.1. The second-order valence-electron chi connectivity index (χ2n) is 19.1. The summed E-state index contributed by atoms with van der Waals surface area (Å²) in [5, 5.41) is 59.3. The number of nitrogens with two attached hydrogens (primary N) is 4. The van der Waals surface area contributed by atoms with Crippen LogP contribution < -0.4 is 65.5 Å². The number of amides is 11. The van der Waals surface area contributed by atoms with Gasteiger partial charge in [-0.15, -0.1) is 0 Å². The molecule has 30 nitrogen and oxygen atoms in total. The number of aromatic hydroxyl groups is 1. The number of aromatic amines is 1. The minimum atomic E-state index is -1.95. The SMILES string of the molecule is CSCC[C@H](N)C(=O)N[C@@H](CCC(=O)O)C(=O)N[C@@H](CCC(N)=O)C(=O)N[C@H](C(=O)N[C@@H](Cc1ccc(O)cc1)C(=O)N[C@@H](Cc1c[nH]c2ccccc12)C(=O)N[C@@H](CCC(N)=O)C(=O)N[C@@H](C)C(=O)N[C@@H](CC(N)=O)C(=O)O)[C@@H](C)O. The standard InChI is InChI=1S/C51H71N13O17S/c1-24(43(72)63-37(51(80)81)22-40(55)69)57-45(74)32(12-15-38(53)67)60-49(78)36(21-27-23-56-31-7-5-4-6-29(27)31)61-48(77)35(20-26-8-10-28(66)11-9-26)62-50(79)42(25(2)65)64-47(76)33(13-16-39(54)68)59-46(75)34(14-17-41(70)71)58-44(73)30(52)18-19-82-3/h4-11,23-25,30,32-37,42,56,65-66H,12-22,52H2,1-3H3,(H2,53,67)(H2,54,68)(H2,55,69)(H,57,74)(H,58,73)(H,59,75)(H,60,78)(H,61,77)(H,62,79)(H,63,72)(H,64,76)(H,70,71)(H,80,81)/t24-,25+,30-,32-,33-,34-,35-,36-,37-,42-/m0/s1. The molecule has 0 saturated heterocycles. The zero-order chi connectivity index (χ0) is 61.4. The number of thioether (sulfide) groups is 1. The number of fused-ring (bicyclic) bond motifs is 1. The maximum Gasteiger partial charge on any atom is 0.326 e. The molecule has 0 aliphatic heterocycles. The first-order valence-corrected chi connectivity index (χ1v) is 27.0. The summed E-state index contributed by atoms with van der Waals surface area (Å²) in [6.07, 6.45) is -2.87. The topological polar surface area (TPSA) is 519 Å². The molecule has 82 heavy (non-hydrogen) atoms. The number of phenols is 1. The third-order valence-electron chi connectivity index (χ3n) is 12.5. The number of hydrogen-bond acceptors (Lipinski definition) is 17. The molecule has 448 valence electrons. The van der Waals surface area contributed by atoms with Gasteiger partial charge in [0.2, 0.25) is 65.0 Å². The monoisotopic (exact) mass is 1170 g/mol. The predicted octanol–water partition coefficient (Wildman–Crippen LogP) is -4.63. The fraction of sp³-hybridized carbons (Fsp3) is 0.471. The number of aromatic nitrogens is 1. The molecule has 0 radical (unpaired) electrons. The summed E-state index contributed by atoms with van der Waals surface area (Å²) >= 11 is 1.39. The summed E-state index contributed by atoms with van der Waals surface area (Å²) in [5.74, 6) is -14.2. The summed E-state index contributed by atoms with van der Waals surface area (Å²) in [6.45, 7) is 2.24. The van der Waals surface area contributed by atoms with Crippen LogP contribution in [0.3, 0.4) is 0 Å². The predicted molar refractivity (Wildman–Crippen MR) is 293 cm³/mol. The minimum absolute atomic E-state index is 0.179. The molecule has 0 aliphatic carbocycles. The van der Waals surface area contributed by atoms with E-state index in [-0.39, 0.29) is 18.6 Å². The number of aliphatic hydroxyl groups is 1. The first-order valence-electron chi connectivity index (χ1n) is 25.6. The van der Waals surface area contributed by atoms with Gasteiger partial charge in [0.25, 0.3) is 0 Å². The number of rotatable bonds is 36. The molecule has 2 aromatic carbocycles. The number of carboxylic acid groups (broad SMARTS) is 2. The van der Waals surface area contributed by atoms with Crippen molar-refractivity contribution in [2.75, 3.05) is 12.0 Å². The lowest BCUT2D eigenvalue weighted by Crippen LogP contribution is -2.62. The lowest BCUT2D eigenvalue weighted by Gasteiger charge is -2.29. The fourth-order valence-electron chi connectivity index (χ4n) is 7.92. The van der Waals surface area contributed by atoms with Gasteiger partial charge in [-0.05, 0) is 80.9 Å². The number of aliphatic hydroxyl groups excluding tert-OH is 1. The molecular weight excluding hydrogens is 1100 g/mol. The van der Waals surface area contributed by atoms with E-state index in [1.807, 2.05) is 0 Å². The van der Waals surface area contributed by atoms with Crippen molar-refractivity contribution in [1.29, 1.82) is 0 Å². The summed E-state index contributed by atoms with van der Waals surface area (Å²) < 4.78 is 0. The Bertz CT molecular complexity index is 2800. The number of H-pyrrole nitrogens is 1. The van der Waals surface area contributed by atoms with E-state index in [0.717, 1.165) is 13.8 Å². The van der Waals surface area contributed by atoms with Gasteiger partial charge in [-0.25, -0.2) is 4.79 Å². The second-order valence-corrected chi connectivity index (χ2v) is 20.1. The van der Waals surface area contributed by atoms with E-state index in [1.165, 1.54) is 42.2 Å². The molecule has 0 bridgehead atoms. The number of carbonyl (C=O) groups excluding carboxylic acids is 11.